The van der Waals surface area contributed by atoms with Gasteiger partial charge in [-0.25, -0.2) is 17.9 Å². The molecule has 0 bridgehead atoms. The number of hydrogen-bond donors (Lipinski definition) is 2. The highest BCUT2D eigenvalue weighted by molar-refractivity contribution is 7.88. The van der Waals surface area contributed by atoms with Gasteiger partial charge in [0, 0.05) is 6.54 Å². The van der Waals surface area contributed by atoms with Crippen LogP contribution in [0.15, 0.2) is 24.3 Å². The molecule has 5 nitrogen and oxygen atoms in total. The largest absolute Gasteiger partial charge is 0.478 e. The maximum atomic E-state index is 11.8. The van der Waals surface area contributed by atoms with E-state index in [1.165, 1.54) is 24.3 Å². The minimum atomic E-state index is -3.35. The summed E-state index contributed by atoms with van der Waals surface area (Å²) in [4.78, 5) is 10.7. The number of rotatable bonds is 9. The van der Waals surface area contributed by atoms with Gasteiger partial charge in [-0.1, -0.05) is 38.3 Å². The average Bonchev–Trinajstić information content (AvgIpc) is 2.38. The molecule has 112 valence electrons. The summed E-state index contributed by atoms with van der Waals surface area (Å²) in [6, 6.07) is 5.88. The van der Waals surface area contributed by atoms with Crippen molar-refractivity contribution in [3.05, 3.63) is 35.4 Å². The number of hydrogen-bond acceptors (Lipinski definition) is 3. The highest BCUT2D eigenvalue weighted by Gasteiger charge is 2.11. The number of carboxylic acids is 1. The van der Waals surface area contributed by atoms with E-state index in [1.54, 1.807) is 0 Å². The van der Waals surface area contributed by atoms with Gasteiger partial charge < -0.3 is 5.11 Å². The second-order valence-electron chi connectivity index (χ2n) is 4.72. The Hall–Kier alpha value is -1.40. The summed E-state index contributed by atoms with van der Waals surface area (Å²) >= 11 is 0. The van der Waals surface area contributed by atoms with Crippen LogP contribution < -0.4 is 4.72 Å². The fourth-order valence-corrected chi connectivity index (χ4v) is 2.98. The van der Waals surface area contributed by atoms with Crippen LogP contribution in [0.1, 0.15) is 48.5 Å². The lowest BCUT2D eigenvalue weighted by atomic mass is 10.1. The van der Waals surface area contributed by atoms with Crippen LogP contribution in [-0.4, -0.2) is 26.0 Å². The predicted octanol–water partition coefficient (Wildman–Crippen LogP) is 2.38. The average molecular weight is 299 g/mol. The van der Waals surface area contributed by atoms with Crippen LogP contribution in [-0.2, 0) is 15.8 Å². The first-order chi connectivity index (χ1) is 9.44. The predicted molar refractivity (Wildman–Crippen MR) is 78.2 cm³/mol. The molecule has 0 aliphatic rings. The Morgan fingerprint density at radius 1 is 1.15 bits per heavy atom. The molecule has 0 spiro atoms. The number of unbranched alkanes of at least 4 members (excludes halogenated alkanes) is 3. The topological polar surface area (TPSA) is 83.5 Å². The van der Waals surface area contributed by atoms with Gasteiger partial charge in [-0.2, -0.15) is 0 Å². The second-order valence-corrected chi connectivity index (χ2v) is 6.52. The third kappa shape index (κ3) is 6.16. The standard InChI is InChI=1S/C14H21NO4S/c1-2-3-4-5-10-15-20(18,19)11-12-6-8-13(9-7-12)14(16)17/h6-9,15H,2-5,10-11H2,1H3,(H,16,17). The summed E-state index contributed by atoms with van der Waals surface area (Å²) < 4.78 is 26.2. The van der Waals surface area contributed by atoms with Crippen LogP contribution in [0.3, 0.4) is 0 Å². The molecule has 2 N–H and O–H groups in total. The molecule has 1 rings (SSSR count). The van der Waals surface area contributed by atoms with Crippen LogP contribution in [0.5, 0.6) is 0 Å². The molecule has 0 radical (unpaired) electrons. The van der Waals surface area contributed by atoms with Crippen molar-refractivity contribution < 1.29 is 18.3 Å². The normalized spacial score (nSPS) is 11.4. The second kappa shape index (κ2) is 8.01. The molecule has 0 heterocycles. The molecule has 0 aliphatic carbocycles. The first-order valence-electron chi connectivity index (χ1n) is 6.74. The van der Waals surface area contributed by atoms with Crippen molar-refractivity contribution >= 4 is 16.0 Å². The lowest BCUT2D eigenvalue weighted by molar-refractivity contribution is 0.0697. The number of carboxylic acid groups (broad SMARTS) is 1. The van der Waals surface area contributed by atoms with E-state index in [0.717, 1.165) is 25.7 Å². The van der Waals surface area contributed by atoms with E-state index in [-0.39, 0.29) is 11.3 Å². The lowest BCUT2D eigenvalue weighted by Gasteiger charge is -2.07. The van der Waals surface area contributed by atoms with Gasteiger partial charge in [-0.3, -0.25) is 0 Å². The Morgan fingerprint density at radius 3 is 2.35 bits per heavy atom. The van der Waals surface area contributed by atoms with Crippen LogP contribution in [0, 0.1) is 0 Å². The molecular weight excluding hydrogens is 278 g/mol. The number of benzene rings is 1. The van der Waals surface area contributed by atoms with Gasteiger partial charge in [0.15, 0.2) is 0 Å². The van der Waals surface area contributed by atoms with E-state index < -0.39 is 16.0 Å². The summed E-state index contributed by atoms with van der Waals surface area (Å²) in [6.07, 6.45) is 4.08. The molecule has 0 unspecified atom stereocenters. The van der Waals surface area contributed by atoms with Crippen molar-refractivity contribution in [3.8, 4) is 0 Å². The number of sulfonamides is 1. The number of aromatic carboxylic acids is 1. The smallest absolute Gasteiger partial charge is 0.335 e. The van der Waals surface area contributed by atoms with Gasteiger partial charge in [0.2, 0.25) is 10.0 Å². The molecule has 0 aromatic heterocycles. The SMILES string of the molecule is CCCCCCNS(=O)(=O)Cc1ccc(C(=O)O)cc1. The van der Waals surface area contributed by atoms with E-state index in [1.807, 2.05) is 0 Å². The van der Waals surface area contributed by atoms with Crippen molar-refractivity contribution in [2.45, 2.75) is 38.4 Å². The summed E-state index contributed by atoms with van der Waals surface area (Å²) in [6.45, 7) is 2.56. The van der Waals surface area contributed by atoms with Crippen LogP contribution in [0.4, 0.5) is 0 Å². The zero-order chi connectivity index (χ0) is 15.0. The highest BCUT2D eigenvalue weighted by Crippen LogP contribution is 2.08. The third-order valence-electron chi connectivity index (χ3n) is 2.91. The Labute approximate surface area is 120 Å². The minimum Gasteiger partial charge on any atom is -0.478 e. The minimum absolute atomic E-state index is 0.124. The van der Waals surface area contributed by atoms with Crippen molar-refractivity contribution in [1.82, 2.24) is 4.72 Å². The molecule has 0 atom stereocenters. The van der Waals surface area contributed by atoms with Crippen LogP contribution in [0.25, 0.3) is 0 Å². The molecule has 0 fully saturated rings. The van der Waals surface area contributed by atoms with Gasteiger partial charge in [-0.15, -0.1) is 0 Å². The van der Waals surface area contributed by atoms with E-state index in [0.29, 0.717) is 12.1 Å². The van der Waals surface area contributed by atoms with Crippen LogP contribution >= 0.6 is 0 Å². The maximum Gasteiger partial charge on any atom is 0.335 e. The molecule has 0 saturated heterocycles. The van der Waals surface area contributed by atoms with E-state index in [4.69, 9.17) is 5.11 Å². The van der Waals surface area contributed by atoms with Crippen molar-refractivity contribution in [2.75, 3.05) is 6.54 Å². The Kier molecular flexibility index (Phi) is 6.67. The van der Waals surface area contributed by atoms with Crippen molar-refractivity contribution in [2.24, 2.45) is 0 Å². The van der Waals surface area contributed by atoms with Crippen LogP contribution in [0.2, 0.25) is 0 Å². The van der Waals surface area contributed by atoms with E-state index in [2.05, 4.69) is 11.6 Å². The molecule has 0 amide bonds. The Balaban J connectivity index is 2.47. The first-order valence-corrected chi connectivity index (χ1v) is 8.39. The number of nitrogens with one attached hydrogen (secondary N) is 1. The van der Waals surface area contributed by atoms with Gasteiger partial charge in [0.1, 0.15) is 0 Å². The van der Waals surface area contributed by atoms with Crippen molar-refractivity contribution in [1.29, 1.82) is 0 Å². The molecular formula is C14H21NO4S. The lowest BCUT2D eigenvalue weighted by Crippen LogP contribution is -2.26. The summed E-state index contributed by atoms with van der Waals surface area (Å²) in [5.41, 5.74) is 0.731. The summed E-state index contributed by atoms with van der Waals surface area (Å²) in [5, 5.41) is 8.76. The molecule has 6 heteroatoms. The molecule has 1 aromatic carbocycles. The fourth-order valence-electron chi connectivity index (χ4n) is 1.79. The first kappa shape index (κ1) is 16.7. The van der Waals surface area contributed by atoms with Gasteiger partial charge in [-0.05, 0) is 24.1 Å². The van der Waals surface area contributed by atoms with Crippen molar-refractivity contribution in [3.63, 3.8) is 0 Å². The summed E-state index contributed by atoms with van der Waals surface area (Å²) in [5.74, 6) is -1.14. The van der Waals surface area contributed by atoms with Gasteiger partial charge in [0.25, 0.3) is 0 Å². The fraction of sp³-hybridized carbons (Fsp3) is 0.500. The third-order valence-corrected chi connectivity index (χ3v) is 4.27. The molecule has 0 aliphatic heterocycles. The molecule has 20 heavy (non-hydrogen) atoms. The number of carbonyl (C=O) groups is 1. The zero-order valence-electron chi connectivity index (χ0n) is 11.6. The zero-order valence-corrected chi connectivity index (χ0v) is 12.4. The van der Waals surface area contributed by atoms with E-state index >= 15 is 0 Å². The monoisotopic (exact) mass is 299 g/mol. The highest BCUT2D eigenvalue weighted by atomic mass is 32.2. The van der Waals surface area contributed by atoms with Gasteiger partial charge >= 0.3 is 5.97 Å². The molecule has 1 aromatic rings. The Bertz CT molecular complexity index is 523. The quantitative estimate of drug-likeness (QED) is 0.686. The summed E-state index contributed by atoms with van der Waals surface area (Å²) in [7, 11) is -3.35. The molecule has 0 saturated carbocycles. The Morgan fingerprint density at radius 2 is 1.80 bits per heavy atom. The van der Waals surface area contributed by atoms with E-state index in [9.17, 15) is 13.2 Å². The maximum absolute atomic E-state index is 11.8. The van der Waals surface area contributed by atoms with Gasteiger partial charge in [0.05, 0.1) is 11.3 Å².